The summed E-state index contributed by atoms with van der Waals surface area (Å²) < 4.78 is 23.8. The van der Waals surface area contributed by atoms with Crippen LogP contribution >= 0.6 is 0 Å². The Labute approximate surface area is 128 Å². The van der Waals surface area contributed by atoms with Gasteiger partial charge in [0.15, 0.2) is 9.84 Å². The fourth-order valence-electron chi connectivity index (χ4n) is 3.43. The van der Waals surface area contributed by atoms with E-state index < -0.39 is 9.84 Å². The highest BCUT2D eigenvalue weighted by Gasteiger charge is 2.45. The molecule has 2 heterocycles. The van der Waals surface area contributed by atoms with Gasteiger partial charge in [0.2, 0.25) is 5.91 Å². The molecule has 21 heavy (non-hydrogen) atoms. The van der Waals surface area contributed by atoms with Crippen molar-refractivity contribution in [2.24, 2.45) is 5.92 Å². The number of amides is 1. The lowest BCUT2D eigenvalue weighted by Crippen LogP contribution is -2.51. The normalized spacial score (nSPS) is 32.9. The lowest BCUT2D eigenvalue weighted by Gasteiger charge is -2.36. The number of hydrogen-bond donors (Lipinski definition) is 1. The fraction of sp³-hybridized carbons (Fsp3) is 0.933. The summed E-state index contributed by atoms with van der Waals surface area (Å²) in [5, 5.41) is 3.43. The number of nitrogens with zero attached hydrogens (tertiary/aromatic N) is 1. The van der Waals surface area contributed by atoms with Crippen molar-refractivity contribution in [2.75, 3.05) is 11.5 Å². The average molecular weight is 316 g/mol. The third-order valence-corrected chi connectivity index (χ3v) is 6.34. The van der Waals surface area contributed by atoms with Gasteiger partial charge in [-0.05, 0) is 25.2 Å². The second-order valence-electron chi connectivity index (χ2n) is 6.71. The third-order valence-electron chi connectivity index (χ3n) is 4.53. The van der Waals surface area contributed by atoms with Crippen molar-refractivity contribution in [3.8, 4) is 0 Å². The first kappa shape index (κ1) is 16.7. The standard InChI is InChI=1S/C15H28N2O3S/c1-4-5-8-13-15(18)17(14(16-13)11(2)3)12-7-6-9-21(19,20)10-12/h11-14,16H,4-10H2,1-3H3. The van der Waals surface area contributed by atoms with Gasteiger partial charge in [0.25, 0.3) is 0 Å². The van der Waals surface area contributed by atoms with E-state index in [9.17, 15) is 13.2 Å². The molecule has 0 spiro atoms. The van der Waals surface area contributed by atoms with Gasteiger partial charge in [0.1, 0.15) is 0 Å². The minimum Gasteiger partial charge on any atom is -0.322 e. The summed E-state index contributed by atoms with van der Waals surface area (Å²) in [6.45, 7) is 6.28. The Bertz CT molecular complexity index is 475. The van der Waals surface area contributed by atoms with E-state index >= 15 is 0 Å². The predicted molar refractivity (Wildman–Crippen MR) is 83.6 cm³/mol. The SMILES string of the molecule is CCCCC1NC(C(C)C)N(C2CCCS(=O)(=O)C2)C1=O. The molecule has 0 saturated carbocycles. The van der Waals surface area contributed by atoms with Gasteiger partial charge < -0.3 is 4.90 Å². The maximum Gasteiger partial charge on any atom is 0.241 e. The molecule has 0 aromatic heterocycles. The molecule has 6 heteroatoms. The zero-order chi connectivity index (χ0) is 15.6. The van der Waals surface area contributed by atoms with Crippen molar-refractivity contribution >= 4 is 15.7 Å². The minimum absolute atomic E-state index is 0.0299. The minimum atomic E-state index is -3.00. The summed E-state index contributed by atoms with van der Waals surface area (Å²) in [6, 6.07) is -0.287. The number of sulfone groups is 1. The second-order valence-corrected chi connectivity index (χ2v) is 8.93. The van der Waals surface area contributed by atoms with Gasteiger partial charge >= 0.3 is 0 Å². The van der Waals surface area contributed by atoms with E-state index in [-0.39, 0.29) is 41.6 Å². The topological polar surface area (TPSA) is 66.5 Å². The smallest absolute Gasteiger partial charge is 0.241 e. The van der Waals surface area contributed by atoms with E-state index in [2.05, 4.69) is 26.1 Å². The molecule has 0 aromatic rings. The van der Waals surface area contributed by atoms with E-state index in [1.54, 1.807) is 0 Å². The summed E-state index contributed by atoms with van der Waals surface area (Å²) in [6.07, 6.45) is 4.37. The molecule has 5 nitrogen and oxygen atoms in total. The molecular weight excluding hydrogens is 288 g/mol. The van der Waals surface area contributed by atoms with E-state index in [4.69, 9.17) is 0 Å². The van der Waals surface area contributed by atoms with E-state index in [0.29, 0.717) is 6.42 Å². The van der Waals surface area contributed by atoms with Crippen LogP contribution in [0.5, 0.6) is 0 Å². The first-order valence-electron chi connectivity index (χ1n) is 8.14. The molecule has 0 aromatic carbocycles. The zero-order valence-corrected chi connectivity index (χ0v) is 14.2. The number of rotatable bonds is 5. The second kappa shape index (κ2) is 6.65. The van der Waals surface area contributed by atoms with Gasteiger partial charge in [-0.1, -0.05) is 33.6 Å². The van der Waals surface area contributed by atoms with Crippen LogP contribution in [0.3, 0.4) is 0 Å². The summed E-state index contributed by atoms with van der Waals surface area (Å²) in [5.74, 6) is 0.781. The van der Waals surface area contributed by atoms with Gasteiger partial charge in [-0.3, -0.25) is 10.1 Å². The molecule has 1 amide bonds. The van der Waals surface area contributed by atoms with Crippen molar-refractivity contribution in [3.05, 3.63) is 0 Å². The predicted octanol–water partition coefficient (Wildman–Crippen LogP) is 1.54. The molecule has 2 rings (SSSR count). The van der Waals surface area contributed by atoms with Crippen LogP contribution in [0.4, 0.5) is 0 Å². The Morgan fingerprint density at radius 3 is 2.67 bits per heavy atom. The largest absolute Gasteiger partial charge is 0.322 e. The summed E-state index contributed by atoms with van der Waals surface area (Å²) in [4.78, 5) is 14.6. The molecule has 2 aliphatic rings. The summed E-state index contributed by atoms with van der Waals surface area (Å²) in [7, 11) is -3.00. The number of nitrogens with one attached hydrogen (secondary N) is 1. The third kappa shape index (κ3) is 3.77. The van der Waals surface area contributed by atoms with Gasteiger partial charge in [-0.15, -0.1) is 0 Å². The first-order chi connectivity index (χ1) is 9.85. The Morgan fingerprint density at radius 2 is 2.10 bits per heavy atom. The van der Waals surface area contributed by atoms with Crippen LogP contribution in [0.2, 0.25) is 0 Å². The zero-order valence-electron chi connectivity index (χ0n) is 13.3. The van der Waals surface area contributed by atoms with Crippen molar-refractivity contribution in [1.29, 1.82) is 0 Å². The molecule has 2 saturated heterocycles. The number of hydrogen-bond acceptors (Lipinski definition) is 4. The molecule has 2 aliphatic heterocycles. The Hall–Kier alpha value is -0.620. The van der Waals surface area contributed by atoms with Crippen molar-refractivity contribution < 1.29 is 13.2 Å². The lowest BCUT2D eigenvalue weighted by atomic mass is 10.1. The van der Waals surface area contributed by atoms with E-state index in [1.807, 2.05) is 4.90 Å². The lowest BCUT2D eigenvalue weighted by molar-refractivity contribution is -0.132. The van der Waals surface area contributed by atoms with Crippen LogP contribution in [-0.4, -0.2) is 49.0 Å². The van der Waals surface area contributed by atoms with Crippen LogP contribution in [-0.2, 0) is 14.6 Å². The Balaban J connectivity index is 2.16. The first-order valence-corrected chi connectivity index (χ1v) is 9.96. The molecule has 2 fully saturated rings. The van der Waals surface area contributed by atoms with Gasteiger partial charge in [0, 0.05) is 6.04 Å². The highest BCUT2D eigenvalue weighted by Crippen LogP contribution is 2.27. The fourth-order valence-corrected chi connectivity index (χ4v) is 5.12. The summed E-state index contributed by atoms with van der Waals surface area (Å²) in [5.41, 5.74) is 0. The van der Waals surface area contributed by atoms with Crippen LogP contribution in [0.15, 0.2) is 0 Å². The molecular formula is C15H28N2O3S. The van der Waals surface area contributed by atoms with Crippen LogP contribution < -0.4 is 5.32 Å². The molecule has 0 aliphatic carbocycles. The quantitative estimate of drug-likeness (QED) is 0.835. The number of carbonyl (C=O) groups excluding carboxylic acids is 1. The van der Waals surface area contributed by atoms with Crippen molar-refractivity contribution in [2.45, 2.75) is 71.1 Å². The van der Waals surface area contributed by atoms with Crippen molar-refractivity contribution in [1.82, 2.24) is 10.2 Å². The van der Waals surface area contributed by atoms with E-state index in [0.717, 1.165) is 25.7 Å². The maximum atomic E-state index is 12.7. The molecule has 0 bridgehead atoms. The molecule has 122 valence electrons. The maximum absolute atomic E-state index is 12.7. The Kier molecular flexibility index (Phi) is 5.30. The highest BCUT2D eigenvalue weighted by molar-refractivity contribution is 7.91. The Morgan fingerprint density at radius 1 is 1.38 bits per heavy atom. The average Bonchev–Trinajstić information content (AvgIpc) is 2.72. The molecule has 1 N–H and O–H groups in total. The van der Waals surface area contributed by atoms with Gasteiger partial charge in [-0.25, -0.2) is 8.42 Å². The number of unbranched alkanes of at least 4 members (excludes halogenated alkanes) is 1. The number of carbonyl (C=O) groups is 1. The molecule has 3 unspecified atom stereocenters. The van der Waals surface area contributed by atoms with Crippen molar-refractivity contribution in [3.63, 3.8) is 0 Å². The summed E-state index contributed by atoms with van der Waals surface area (Å²) >= 11 is 0. The van der Waals surface area contributed by atoms with E-state index in [1.165, 1.54) is 0 Å². The van der Waals surface area contributed by atoms with Crippen LogP contribution in [0.1, 0.15) is 52.9 Å². The monoisotopic (exact) mass is 316 g/mol. The van der Waals surface area contributed by atoms with Crippen LogP contribution in [0.25, 0.3) is 0 Å². The molecule has 0 radical (unpaired) electrons. The molecule has 3 atom stereocenters. The van der Waals surface area contributed by atoms with Gasteiger partial charge in [-0.2, -0.15) is 0 Å². The van der Waals surface area contributed by atoms with Gasteiger partial charge in [0.05, 0.1) is 23.7 Å². The van der Waals surface area contributed by atoms with Crippen LogP contribution in [0, 0.1) is 5.92 Å². The highest BCUT2D eigenvalue weighted by atomic mass is 32.2.